The second-order valence-corrected chi connectivity index (χ2v) is 3.98. The largest absolute Gasteiger partial charge is 0.387 e. The number of aromatic nitrogens is 2. The van der Waals surface area contributed by atoms with E-state index >= 15 is 0 Å². The maximum absolute atomic E-state index is 11.7. The molecular formula is C13H15N3O. The average molecular weight is 229 g/mol. The van der Waals surface area contributed by atoms with Crippen molar-refractivity contribution in [2.75, 3.05) is 12.4 Å². The van der Waals surface area contributed by atoms with Crippen molar-refractivity contribution in [3.63, 3.8) is 0 Å². The van der Waals surface area contributed by atoms with Crippen LogP contribution in [0.5, 0.6) is 0 Å². The molecule has 0 unspecified atom stereocenters. The summed E-state index contributed by atoms with van der Waals surface area (Å²) in [6.07, 6.45) is 1.65. The number of nitrogens with zero attached hydrogens (tertiary/aromatic N) is 2. The predicted octanol–water partition coefficient (Wildman–Crippen LogP) is 1.64. The first kappa shape index (κ1) is 11.4. The molecule has 2 rings (SSSR count). The molecule has 0 amide bonds. The van der Waals surface area contributed by atoms with Gasteiger partial charge >= 0.3 is 0 Å². The topological polar surface area (TPSA) is 46.9 Å². The highest BCUT2D eigenvalue weighted by Gasteiger charge is 2.00. The van der Waals surface area contributed by atoms with E-state index in [4.69, 9.17) is 0 Å². The van der Waals surface area contributed by atoms with E-state index in [0.717, 1.165) is 11.3 Å². The molecule has 0 saturated heterocycles. The van der Waals surface area contributed by atoms with Gasteiger partial charge in [0.15, 0.2) is 0 Å². The molecule has 0 saturated carbocycles. The van der Waals surface area contributed by atoms with Crippen molar-refractivity contribution in [1.29, 1.82) is 0 Å². The zero-order valence-electron chi connectivity index (χ0n) is 9.97. The van der Waals surface area contributed by atoms with Crippen molar-refractivity contribution in [2.24, 2.45) is 0 Å². The van der Waals surface area contributed by atoms with Gasteiger partial charge in [0, 0.05) is 13.1 Å². The maximum Gasteiger partial charge on any atom is 0.269 e. The highest BCUT2D eigenvalue weighted by atomic mass is 16.1. The van der Waals surface area contributed by atoms with Crippen molar-refractivity contribution in [2.45, 2.75) is 13.5 Å². The SMILES string of the molecule is CNc1cnn(Cc2cccc(C)c2)c(=O)c1. The van der Waals surface area contributed by atoms with Crippen molar-refractivity contribution in [3.8, 4) is 0 Å². The Bertz CT molecular complexity index is 575. The third kappa shape index (κ3) is 2.72. The second-order valence-electron chi connectivity index (χ2n) is 3.98. The zero-order chi connectivity index (χ0) is 12.3. The lowest BCUT2D eigenvalue weighted by atomic mass is 10.1. The first-order chi connectivity index (χ1) is 8.19. The summed E-state index contributed by atoms with van der Waals surface area (Å²) in [6.45, 7) is 2.54. The number of nitrogens with one attached hydrogen (secondary N) is 1. The van der Waals surface area contributed by atoms with Gasteiger partial charge in [-0.1, -0.05) is 29.8 Å². The quantitative estimate of drug-likeness (QED) is 0.870. The van der Waals surface area contributed by atoms with Crippen LogP contribution < -0.4 is 10.9 Å². The normalized spacial score (nSPS) is 10.2. The summed E-state index contributed by atoms with van der Waals surface area (Å²) in [4.78, 5) is 11.7. The van der Waals surface area contributed by atoms with Crippen LogP contribution in [0.4, 0.5) is 5.69 Å². The third-order valence-electron chi connectivity index (χ3n) is 2.57. The molecule has 88 valence electrons. The number of benzene rings is 1. The molecule has 0 fully saturated rings. The molecule has 4 nitrogen and oxygen atoms in total. The predicted molar refractivity (Wildman–Crippen MR) is 68.3 cm³/mol. The van der Waals surface area contributed by atoms with Crippen LogP contribution in [0.3, 0.4) is 0 Å². The molecule has 2 aromatic rings. The molecule has 0 bridgehead atoms. The van der Waals surface area contributed by atoms with Gasteiger partial charge in [-0.05, 0) is 12.5 Å². The van der Waals surface area contributed by atoms with E-state index in [-0.39, 0.29) is 5.56 Å². The molecule has 1 N–H and O–H groups in total. The van der Waals surface area contributed by atoms with E-state index in [1.54, 1.807) is 19.3 Å². The Morgan fingerprint density at radius 1 is 1.35 bits per heavy atom. The van der Waals surface area contributed by atoms with Crippen LogP contribution in [0.1, 0.15) is 11.1 Å². The maximum atomic E-state index is 11.7. The molecule has 4 heteroatoms. The number of anilines is 1. The molecule has 1 heterocycles. The highest BCUT2D eigenvalue weighted by molar-refractivity contribution is 5.37. The van der Waals surface area contributed by atoms with Gasteiger partial charge in [-0.25, -0.2) is 4.68 Å². The fourth-order valence-corrected chi connectivity index (χ4v) is 1.67. The lowest BCUT2D eigenvalue weighted by Gasteiger charge is -2.06. The Morgan fingerprint density at radius 2 is 2.18 bits per heavy atom. The van der Waals surface area contributed by atoms with Gasteiger partial charge in [0.05, 0.1) is 18.4 Å². The van der Waals surface area contributed by atoms with Crippen LogP contribution in [0, 0.1) is 6.92 Å². The smallest absolute Gasteiger partial charge is 0.269 e. The summed E-state index contributed by atoms with van der Waals surface area (Å²) < 4.78 is 1.45. The van der Waals surface area contributed by atoms with Gasteiger partial charge in [-0.3, -0.25) is 4.79 Å². The van der Waals surface area contributed by atoms with Gasteiger partial charge in [0.2, 0.25) is 0 Å². The number of hydrogen-bond acceptors (Lipinski definition) is 3. The van der Waals surface area contributed by atoms with Crippen LogP contribution in [0.15, 0.2) is 41.3 Å². The summed E-state index contributed by atoms with van der Waals surface area (Å²) in [5.41, 5.74) is 2.90. The molecule has 0 aliphatic heterocycles. The Balaban J connectivity index is 2.27. The first-order valence-electron chi connectivity index (χ1n) is 5.49. The van der Waals surface area contributed by atoms with Gasteiger partial charge in [-0.15, -0.1) is 0 Å². The molecular weight excluding hydrogens is 214 g/mol. The number of aryl methyl sites for hydroxylation is 1. The highest BCUT2D eigenvalue weighted by Crippen LogP contribution is 2.05. The lowest BCUT2D eigenvalue weighted by Crippen LogP contribution is -2.22. The van der Waals surface area contributed by atoms with Gasteiger partial charge < -0.3 is 5.32 Å². The molecule has 0 atom stereocenters. The average Bonchev–Trinajstić information content (AvgIpc) is 2.32. The Kier molecular flexibility index (Phi) is 3.23. The Hall–Kier alpha value is -2.10. The van der Waals surface area contributed by atoms with Gasteiger partial charge in [0.25, 0.3) is 5.56 Å². The van der Waals surface area contributed by atoms with E-state index in [2.05, 4.69) is 16.5 Å². The lowest BCUT2D eigenvalue weighted by molar-refractivity contribution is 0.639. The van der Waals surface area contributed by atoms with Crippen LogP contribution >= 0.6 is 0 Å². The summed E-state index contributed by atoms with van der Waals surface area (Å²) in [7, 11) is 1.77. The van der Waals surface area contributed by atoms with Crippen LogP contribution in [0.2, 0.25) is 0 Å². The fraction of sp³-hybridized carbons (Fsp3) is 0.231. The minimum absolute atomic E-state index is 0.0987. The van der Waals surface area contributed by atoms with Crippen LogP contribution in [-0.2, 0) is 6.54 Å². The molecule has 1 aromatic heterocycles. The summed E-state index contributed by atoms with van der Waals surface area (Å²) in [5.74, 6) is 0. The Morgan fingerprint density at radius 3 is 2.82 bits per heavy atom. The zero-order valence-corrected chi connectivity index (χ0v) is 9.97. The van der Waals surface area contributed by atoms with Crippen molar-refractivity contribution in [1.82, 2.24) is 9.78 Å². The van der Waals surface area contributed by atoms with Gasteiger partial charge in [-0.2, -0.15) is 5.10 Å². The van der Waals surface area contributed by atoms with Crippen molar-refractivity contribution in [3.05, 3.63) is 58.0 Å². The molecule has 0 spiro atoms. The van der Waals surface area contributed by atoms with E-state index in [1.165, 1.54) is 10.2 Å². The molecule has 0 radical (unpaired) electrons. The van der Waals surface area contributed by atoms with Gasteiger partial charge in [0.1, 0.15) is 0 Å². The van der Waals surface area contributed by atoms with Crippen LogP contribution in [0.25, 0.3) is 0 Å². The summed E-state index contributed by atoms with van der Waals surface area (Å²) in [6, 6.07) is 9.61. The number of rotatable bonds is 3. The third-order valence-corrected chi connectivity index (χ3v) is 2.57. The first-order valence-corrected chi connectivity index (χ1v) is 5.49. The molecule has 1 aromatic carbocycles. The number of hydrogen-bond donors (Lipinski definition) is 1. The second kappa shape index (κ2) is 4.82. The van der Waals surface area contributed by atoms with Crippen molar-refractivity contribution >= 4 is 5.69 Å². The van der Waals surface area contributed by atoms with Crippen molar-refractivity contribution < 1.29 is 0 Å². The molecule has 0 aliphatic rings. The summed E-state index contributed by atoms with van der Waals surface area (Å²) in [5, 5.41) is 7.01. The van der Waals surface area contributed by atoms with E-state index in [1.807, 2.05) is 25.1 Å². The monoisotopic (exact) mass is 229 g/mol. The van der Waals surface area contributed by atoms with E-state index in [0.29, 0.717) is 6.54 Å². The standard InChI is InChI=1S/C13H15N3O/c1-10-4-3-5-11(6-10)9-16-13(17)7-12(14-2)8-15-16/h3-8,14H,9H2,1-2H3. The van der Waals surface area contributed by atoms with E-state index in [9.17, 15) is 4.79 Å². The Labute approximate surface area is 99.9 Å². The molecule has 17 heavy (non-hydrogen) atoms. The van der Waals surface area contributed by atoms with Crippen LogP contribution in [-0.4, -0.2) is 16.8 Å². The fourth-order valence-electron chi connectivity index (χ4n) is 1.67. The molecule has 0 aliphatic carbocycles. The minimum atomic E-state index is -0.0987. The summed E-state index contributed by atoms with van der Waals surface area (Å²) >= 11 is 0. The minimum Gasteiger partial charge on any atom is -0.387 e. The van der Waals surface area contributed by atoms with E-state index < -0.39 is 0 Å².